The molecule has 5 heteroatoms. The highest BCUT2D eigenvalue weighted by Crippen LogP contribution is 2.28. The summed E-state index contributed by atoms with van der Waals surface area (Å²) in [6.07, 6.45) is 0.291. The van der Waals surface area contributed by atoms with Crippen LogP contribution in [0.5, 0.6) is 0 Å². The van der Waals surface area contributed by atoms with Gasteiger partial charge in [0, 0.05) is 25.1 Å². The lowest BCUT2D eigenvalue weighted by molar-refractivity contribution is -0.145. The first-order valence-electron chi connectivity index (χ1n) is 6.34. The van der Waals surface area contributed by atoms with E-state index in [1.54, 1.807) is 4.90 Å². The second-order valence-electron chi connectivity index (χ2n) is 5.17. The zero-order valence-corrected chi connectivity index (χ0v) is 11.4. The highest BCUT2D eigenvalue weighted by molar-refractivity contribution is 5.73. The fourth-order valence-corrected chi connectivity index (χ4v) is 2.15. The van der Waals surface area contributed by atoms with E-state index in [0.717, 1.165) is 6.42 Å². The fourth-order valence-electron chi connectivity index (χ4n) is 2.15. The second-order valence-corrected chi connectivity index (χ2v) is 5.17. The third-order valence-corrected chi connectivity index (χ3v) is 3.58. The van der Waals surface area contributed by atoms with E-state index in [1.807, 2.05) is 13.8 Å². The van der Waals surface area contributed by atoms with Crippen molar-refractivity contribution >= 4 is 5.91 Å². The molecule has 1 heterocycles. The minimum atomic E-state index is -0.267. The SMILES string of the molecule is C=C(N)C(C)CN(C(C)=O)C1CC(C)C(CO)O1. The lowest BCUT2D eigenvalue weighted by Crippen LogP contribution is -2.42. The third-order valence-electron chi connectivity index (χ3n) is 3.58. The smallest absolute Gasteiger partial charge is 0.221 e. The second kappa shape index (κ2) is 6.20. The van der Waals surface area contributed by atoms with Crippen molar-refractivity contribution in [1.82, 2.24) is 4.90 Å². The lowest BCUT2D eigenvalue weighted by Gasteiger charge is -2.30. The van der Waals surface area contributed by atoms with Crippen LogP contribution in [0.15, 0.2) is 12.3 Å². The van der Waals surface area contributed by atoms with E-state index in [4.69, 9.17) is 10.5 Å². The monoisotopic (exact) mass is 256 g/mol. The Labute approximate surface area is 109 Å². The minimum absolute atomic E-state index is 0.0113. The molecule has 4 unspecified atom stereocenters. The van der Waals surface area contributed by atoms with Crippen LogP contribution < -0.4 is 5.73 Å². The molecule has 0 aromatic carbocycles. The van der Waals surface area contributed by atoms with Gasteiger partial charge in [-0.05, 0) is 12.3 Å². The third kappa shape index (κ3) is 3.46. The highest BCUT2D eigenvalue weighted by Gasteiger charge is 2.36. The standard InChI is InChI=1S/C13H24N2O3/c1-8-5-13(18-12(8)7-16)15(11(4)17)6-9(2)10(3)14/h8-9,12-13,16H,3,5-7,14H2,1-2,4H3. The van der Waals surface area contributed by atoms with E-state index in [2.05, 4.69) is 6.58 Å². The molecule has 0 aromatic heterocycles. The summed E-state index contributed by atoms with van der Waals surface area (Å²) in [5, 5.41) is 9.18. The largest absolute Gasteiger partial charge is 0.402 e. The Kier molecular flexibility index (Phi) is 5.16. The van der Waals surface area contributed by atoms with E-state index in [1.165, 1.54) is 6.92 Å². The van der Waals surface area contributed by atoms with Gasteiger partial charge in [-0.2, -0.15) is 0 Å². The van der Waals surface area contributed by atoms with E-state index >= 15 is 0 Å². The van der Waals surface area contributed by atoms with Crippen LogP contribution >= 0.6 is 0 Å². The number of aliphatic hydroxyl groups excluding tert-OH is 1. The normalized spacial score (nSPS) is 29.0. The van der Waals surface area contributed by atoms with Crippen LogP contribution in [-0.4, -0.2) is 41.4 Å². The molecule has 1 aliphatic rings. The predicted molar refractivity (Wildman–Crippen MR) is 69.4 cm³/mol. The predicted octanol–water partition coefficient (Wildman–Crippen LogP) is 0.687. The summed E-state index contributed by atoms with van der Waals surface area (Å²) in [6.45, 7) is 9.66. The van der Waals surface area contributed by atoms with Crippen LogP contribution in [-0.2, 0) is 9.53 Å². The molecule has 18 heavy (non-hydrogen) atoms. The topological polar surface area (TPSA) is 75.8 Å². The number of ether oxygens (including phenoxy) is 1. The van der Waals surface area contributed by atoms with E-state index in [-0.39, 0.29) is 36.7 Å². The van der Waals surface area contributed by atoms with Gasteiger partial charge in [0.2, 0.25) is 5.91 Å². The van der Waals surface area contributed by atoms with Gasteiger partial charge in [-0.15, -0.1) is 0 Å². The molecule has 0 saturated carbocycles. The molecule has 1 saturated heterocycles. The molecular formula is C13H24N2O3. The van der Waals surface area contributed by atoms with Gasteiger partial charge in [-0.3, -0.25) is 4.79 Å². The van der Waals surface area contributed by atoms with Crippen molar-refractivity contribution in [2.75, 3.05) is 13.2 Å². The molecule has 0 aromatic rings. The lowest BCUT2D eigenvalue weighted by atomic mass is 10.0. The first-order valence-corrected chi connectivity index (χ1v) is 6.34. The quantitative estimate of drug-likeness (QED) is 0.758. The number of nitrogens with two attached hydrogens (primary N) is 1. The van der Waals surface area contributed by atoms with E-state index < -0.39 is 0 Å². The van der Waals surface area contributed by atoms with Gasteiger partial charge >= 0.3 is 0 Å². The Morgan fingerprint density at radius 1 is 1.67 bits per heavy atom. The Balaban J connectivity index is 2.69. The molecule has 3 N–H and O–H groups in total. The van der Waals surface area contributed by atoms with Gasteiger partial charge < -0.3 is 20.5 Å². The molecule has 1 aliphatic heterocycles. The Morgan fingerprint density at radius 3 is 2.67 bits per heavy atom. The molecular weight excluding hydrogens is 232 g/mol. The number of hydrogen-bond donors (Lipinski definition) is 2. The highest BCUT2D eigenvalue weighted by atomic mass is 16.5. The van der Waals surface area contributed by atoms with Crippen molar-refractivity contribution in [3.63, 3.8) is 0 Å². The number of rotatable bonds is 5. The van der Waals surface area contributed by atoms with Crippen LogP contribution in [0.25, 0.3) is 0 Å². The van der Waals surface area contributed by atoms with Crippen molar-refractivity contribution in [2.24, 2.45) is 17.6 Å². The molecule has 0 spiro atoms. The maximum Gasteiger partial charge on any atom is 0.221 e. The van der Waals surface area contributed by atoms with Crippen molar-refractivity contribution in [2.45, 2.75) is 39.5 Å². The van der Waals surface area contributed by atoms with Crippen LogP contribution in [0, 0.1) is 11.8 Å². The average Bonchev–Trinajstić information content (AvgIpc) is 2.66. The maximum atomic E-state index is 11.7. The number of amides is 1. The Bertz CT molecular complexity index is 319. The van der Waals surface area contributed by atoms with E-state index in [9.17, 15) is 9.90 Å². The van der Waals surface area contributed by atoms with Gasteiger partial charge in [0.15, 0.2) is 0 Å². The summed E-state index contributed by atoms with van der Waals surface area (Å²) in [7, 11) is 0. The first kappa shape index (κ1) is 15.0. The van der Waals surface area contributed by atoms with Crippen molar-refractivity contribution in [3.8, 4) is 0 Å². The number of nitrogens with zero attached hydrogens (tertiary/aromatic N) is 1. The zero-order chi connectivity index (χ0) is 13.9. The molecule has 4 atom stereocenters. The van der Waals surface area contributed by atoms with E-state index in [0.29, 0.717) is 12.2 Å². The van der Waals surface area contributed by atoms with Crippen molar-refractivity contribution in [3.05, 3.63) is 12.3 Å². The van der Waals surface area contributed by atoms with Crippen LogP contribution in [0.1, 0.15) is 27.2 Å². The molecule has 5 nitrogen and oxygen atoms in total. The molecule has 1 rings (SSSR count). The zero-order valence-electron chi connectivity index (χ0n) is 11.4. The Hall–Kier alpha value is -1.07. The molecule has 1 fully saturated rings. The number of carbonyl (C=O) groups excluding carboxylic acids is 1. The first-order chi connectivity index (χ1) is 8.36. The van der Waals surface area contributed by atoms with Gasteiger partial charge in [-0.25, -0.2) is 0 Å². The van der Waals surface area contributed by atoms with Crippen LogP contribution in [0.2, 0.25) is 0 Å². The van der Waals surface area contributed by atoms with Gasteiger partial charge in [0.25, 0.3) is 0 Å². The number of aliphatic hydroxyl groups is 1. The number of hydrogen-bond acceptors (Lipinski definition) is 4. The van der Waals surface area contributed by atoms with Crippen molar-refractivity contribution < 1.29 is 14.6 Å². The summed E-state index contributed by atoms with van der Waals surface area (Å²) in [4.78, 5) is 13.4. The van der Waals surface area contributed by atoms with Gasteiger partial charge in [0.1, 0.15) is 6.23 Å². The average molecular weight is 256 g/mol. The van der Waals surface area contributed by atoms with Gasteiger partial charge in [0.05, 0.1) is 12.7 Å². The summed E-state index contributed by atoms with van der Waals surface area (Å²) >= 11 is 0. The van der Waals surface area contributed by atoms with Crippen LogP contribution in [0.4, 0.5) is 0 Å². The molecule has 0 radical (unpaired) electrons. The summed E-state index contributed by atoms with van der Waals surface area (Å²) in [6, 6.07) is 0. The maximum absolute atomic E-state index is 11.7. The molecule has 0 bridgehead atoms. The van der Waals surface area contributed by atoms with Crippen LogP contribution in [0.3, 0.4) is 0 Å². The summed E-state index contributed by atoms with van der Waals surface area (Å²) in [5.74, 6) is 0.234. The van der Waals surface area contributed by atoms with Gasteiger partial charge in [-0.1, -0.05) is 20.4 Å². The molecule has 104 valence electrons. The minimum Gasteiger partial charge on any atom is -0.402 e. The summed E-state index contributed by atoms with van der Waals surface area (Å²) in [5.41, 5.74) is 6.21. The fraction of sp³-hybridized carbons (Fsp3) is 0.769. The number of carbonyl (C=O) groups is 1. The Morgan fingerprint density at radius 2 is 2.28 bits per heavy atom. The van der Waals surface area contributed by atoms with Crippen molar-refractivity contribution in [1.29, 1.82) is 0 Å². The molecule has 0 aliphatic carbocycles. The summed E-state index contributed by atoms with van der Waals surface area (Å²) < 4.78 is 5.71. The molecule has 1 amide bonds.